The van der Waals surface area contributed by atoms with E-state index in [4.69, 9.17) is 4.74 Å². The monoisotopic (exact) mass is 396 g/mol. The molecule has 0 aliphatic carbocycles. The Morgan fingerprint density at radius 1 is 1.00 bits per heavy atom. The predicted molar refractivity (Wildman–Crippen MR) is 108 cm³/mol. The van der Waals surface area contributed by atoms with Crippen molar-refractivity contribution in [2.24, 2.45) is 0 Å². The quantitative estimate of drug-likeness (QED) is 0.608. The molecule has 0 bridgehead atoms. The average Bonchev–Trinajstić information content (AvgIpc) is 3.15. The molecule has 7 nitrogen and oxygen atoms in total. The van der Waals surface area contributed by atoms with Crippen LogP contribution in [0, 0.1) is 0 Å². The molecule has 144 valence electrons. The lowest BCUT2D eigenvalue weighted by Gasteiger charge is -2.07. The first-order chi connectivity index (χ1) is 13.6. The van der Waals surface area contributed by atoms with Crippen LogP contribution >= 0.6 is 11.3 Å². The van der Waals surface area contributed by atoms with E-state index in [1.807, 2.05) is 37.3 Å². The summed E-state index contributed by atoms with van der Waals surface area (Å²) >= 11 is 1.27. The van der Waals surface area contributed by atoms with Gasteiger partial charge in [-0.05, 0) is 36.8 Å². The molecule has 0 radical (unpaired) electrons. The second-order valence-corrected chi connectivity index (χ2v) is 6.94. The zero-order valence-corrected chi connectivity index (χ0v) is 16.2. The summed E-state index contributed by atoms with van der Waals surface area (Å²) in [6.45, 7) is 2.87. The van der Waals surface area contributed by atoms with Crippen molar-refractivity contribution in [3.63, 3.8) is 0 Å². The van der Waals surface area contributed by atoms with Crippen molar-refractivity contribution in [3.05, 3.63) is 70.7 Å². The number of anilines is 2. The third-order valence-corrected chi connectivity index (χ3v) is 4.57. The highest BCUT2D eigenvalue weighted by Crippen LogP contribution is 2.18. The third kappa shape index (κ3) is 5.70. The molecule has 3 aromatic rings. The Morgan fingerprint density at radius 3 is 2.46 bits per heavy atom. The van der Waals surface area contributed by atoms with E-state index in [1.165, 1.54) is 11.3 Å². The molecule has 2 amide bonds. The van der Waals surface area contributed by atoms with Gasteiger partial charge in [0.2, 0.25) is 11.0 Å². The van der Waals surface area contributed by atoms with Crippen molar-refractivity contribution >= 4 is 34.0 Å². The first-order valence-corrected chi connectivity index (χ1v) is 9.61. The number of benzene rings is 2. The number of nitrogens with zero attached hydrogens (tertiary/aromatic N) is 2. The van der Waals surface area contributed by atoms with Crippen LogP contribution in [-0.2, 0) is 22.6 Å². The molecule has 0 unspecified atom stereocenters. The Kier molecular flexibility index (Phi) is 6.83. The smallest absolute Gasteiger partial charge is 0.257 e. The summed E-state index contributed by atoms with van der Waals surface area (Å²) < 4.78 is 5.27. The number of carbonyl (C=O) groups excluding carboxylic acids is 2. The molecule has 0 fully saturated rings. The van der Waals surface area contributed by atoms with Crippen LogP contribution in [0.5, 0.6) is 0 Å². The van der Waals surface area contributed by atoms with E-state index >= 15 is 0 Å². The zero-order valence-electron chi connectivity index (χ0n) is 15.3. The van der Waals surface area contributed by atoms with E-state index in [9.17, 15) is 9.59 Å². The number of rotatable bonds is 8. The molecule has 0 saturated carbocycles. The van der Waals surface area contributed by atoms with Crippen LogP contribution in [0.15, 0.2) is 54.6 Å². The fourth-order valence-corrected chi connectivity index (χ4v) is 3.08. The van der Waals surface area contributed by atoms with Gasteiger partial charge in [-0.15, -0.1) is 10.2 Å². The van der Waals surface area contributed by atoms with Gasteiger partial charge in [0, 0.05) is 17.9 Å². The largest absolute Gasteiger partial charge is 0.374 e. The molecule has 2 aromatic carbocycles. The van der Waals surface area contributed by atoms with Gasteiger partial charge in [0.1, 0.15) is 11.6 Å². The molecule has 0 aliphatic rings. The first kappa shape index (κ1) is 19.7. The van der Waals surface area contributed by atoms with E-state index in [0.29, 0.717) is 41.0 Å². The molecule has 28 heavy (non-hydrogen) atoms. The summed E-state index contributed by atoms with van der Waals surface area (Å²) in [5, 5.41) is 14.5. The average molecular weight is 396 g/mol. The highest BCUT2D eigenvalue weighted by atomic mass is 32.1. The van der Waals surface area contributed by atoms with Crippen molar-refractivity contribution in [2.45, 2.75) is 20.0 Å². The maximum atomic E-state index is 12.3. The first-order valence-electron chi connectivity index (χ1n) is 8.79. The van der Waals surface area contributed by atoms with Crippen LogP contribution in [0.4, 0.5) is 10.8 Å². The molecule has 0 saturated heterocycles. The van der Waals surface area contributed by atoms with E-state index in [2.05, 4.69) is 20.8 Å². The topological polar surface area (TPSA) is 93.2 Å². The van der Waals surface area contributed by atoms with Gasteiger partial charge >= 0.3 is 0 Å². The standard InChI is InChI=1S/C20H20N4O3S/c1-2-27-13-18-23-24-20(28-18)22-19(26)15-8-10-16(11-9-15)21-17(25)12-14-6-4-3-5-7-14/h3-11H,2,12-13H2,1H3,(H,21,25)(H,22,24,26). The van der Waals surface area contributed by atoms with Gasteiger partial charge in [0.15, 0.2) is 0 Å². The van der Waals surface area contributed by atoms with Crippen LogP contribution in [0.1, 0.15) is 27.9 Å². The summed E-state index contributed by atoms with van der Waals surface area (Å²) in [6, 6.07) is 16.2. The minimum absolute atomic E-state index is 0.112. The van der Waals surface area contributed by atoms with E-state index in [-0.39, 0.29) is 11.8 Å². The number of hydrogen-bond donors (Lipinski definition) is 2. The molecule has 1 heterocycles. The minimum atomic E-state index is -0.290. The second-order valence-electron chi connectivity index (χ2n) is 5.88. The Hall–Kier alpha value is -3.10. The van der Waals surface area contributed by atoms with E-state index in [1.54, 1.807) is 24.3 Å². The summed E-state index contributed by atoms with van der Waals surface area (Å²) in [6.07, 6.45) is 0.296. The van der Waals surface area contributed by atoms with Gasteiger partial charge in [-0.3, -0.25) is 14.9 Å². The summed E-state index contributed by atoms with van der Waals surface area (Å²) in [7, 11) is 0. The molecule has 1 aromatic heterocycles. The molecular formula is C20H20N4O3S. The summed E-state index contributed by atoms with van der Waals surface area (Å²) in [4.78, 5) is 24.4. The van der Waals surface area contributed by atoms with Gasteiger partial charge in [-0.2, -0.15) is 0 Å². The SMILES string of the molecule is CCOCc1nnc(NC(=O)c2ccc(NC(=O)Cc3ccccc3)cc2)s1. The van der Waals surface area contributed by atoms with Gasteiger partial charge in [-0.25, -0.2) is 0 Å². The highest BCUT2D eigenvalue weighted by molar-refractivity contribution is 7.15. The predicted octanol–water partition coefficient (Wildman–Crippen LogP) is 3.51. The molecule has 8 heteroatoms. The lowest BCUT2D eigenvalue weighted by Crippen LogP contribution is -2.15. The molecule has 0 atom stereocenters. The summed E-state index contributed by atoms with van der Waals surface area (Å²) in [5.41, 5.74) is 2.03. The minimum Gasteiger partial charge on any atom is -0.374 e. The lowest BCUT2D eigenvalue weighted by atomic mass is 10.1. The zero-order chi connectivity index (χ0) is 19.8. The van der Waals surface area contributed by atoms with E-state index < -0.39 is 0 Å². The number of nitrogens with one attached hydrogen (secondary N) is 2. The number of amides is 2. The number of ether oxygens (including phenoxy) is 1. The maximum absolute atomic E-state index is 12.3. The fourth-order valence-electron chi connectivity index (χ4n) is 2.41. The van der Waals surface area contributed by atoms with Gasteiger partial charge in [0.05, 0.1) is 6.42 Å². The Labute approximate surface area is 166 Å². The Bertz CT molecular complexity index is 926. The van der Waals surface area contributed by atoms with Crippen LogP contribution in [0.3, 0.4) is 0 Å². The molecule has 0 aliphatic heterocycles. The van der Waals surface area contributed by atoms with E-state index in [0.717, 1.165) is 5.56 Å². The molecular weight excluding hydrogens is 376 g/mol. The number of carbonyl (C=O) groups is 2. The van der Waals surface area contributed by atoms with Crippen LogP contribution in [-0.4, -0.2) is 28.6 Å². The van der Waals surface area contributed by atoms with Crippen molar-refractivity contribution in [1.29, 1.82) is 0 Å². The van der Waals surface area contributed by atoms with Crippen molar-refractivity contribution in [1.82, 2.24) is 10.2 Å². The molecule has 0 spiro atoms. The third-order valence-electron chi connectivity index (χ3n) is 3.76. The Morgan fingerprint density at radius 2 is 1.75 bits per heavy atom. The lowest BCUT2D eigenvalue weighted by molar-refractivity contribution is -0.115. The van der Waals surface area contributed by atoms with Crippen molar-refractivity contribution in [3.8, 4) is 0 Å². The fraction of sp³-hybridized carbons (Fsp3) is 0.200. The highest BCUT2D eigenvalue weighted by Gasteiger charge is 2.11. The number of aromatic nitrogens is 2. The van der Waals surface area contributed by atoms with Crippen LogP contribution in [0.25, 0.3) is 0 Å². The van der Waals surface area contributed by atoms with Gasteiger partial charge in [-0.1, -0.05) is 41.7 Å². The second kappa shape index (κ2) is 9.72. The van der Waals surface area contributed by atoms with Gasteiger partial charge in [0.25, 0.3) is 5.91 Å². The molecule has 2 N–H and O–H groups in total. The van der Waals surface area contributed by atoms with Crippen LogP contribution in [0.2, 0.25) is 0 Å². The van der Waals surface area contributed by atoms with Crippen molar-refractivity contribution < 1.29 is 14.3 Å². The normalized spacial score (nSPS) is 10.5. The van der Waals surface area contributed by atoms with Crippen molar-refractivity contribution in [2.75, 3.05) is 17.2 Å². The van der Waals surface area contributed by atoms with Gasteiger partial charge < -0.3 is 10.1 Å². The maximum Gasteiger partial charge on any atom is 0.257 e. The van der Waals surface area contributed by atoms with Crippen LogP contribution < -0.4 is 10.6 Å². The Balaban J connectivity index is 1.53. The number of hydrogen-bond acceptors (Lipinski definition) is 6. The molecule has 3 rings (SSSR count). The summed E-state index contributed by atoms with van der Waals surface area (Å²) in [5.74, 6) is -0.402.